The van der Waals surface area contributed by atoms with Gasteiger partial charge < -0.3 is 4.74 Å². The summed E-state index contributed by atoms with van der Waals surface area (Å²) in [6.07, 6.45) is 6.26. The first-order valence-corrected chi connectivity index (χ1v) is 13.0. The molecule has 4 rings (SSSR count). The summed E-state index contributed by atoms with van der Waals surface area (Å²) in [7, 11) is 1.41. The summed E-state index contributed by atoms with van der Waals surface area (Å²) in [5.41, 5.74) is 1.49. The van der Waals surface area contributed by atoms with E-state index in [9.17, 15) is 18.8 Å². The second kappa shape index (κ2) is 11.1. The van der Waals surface area contributed by atoms with Crippen LogP contribution in [0.4, 0.5) is 4.39 Å². The Bertz CT molecular complexity index is 964. The highest BCUT2D eigenvalue weighted by atomic mass is 32.2. The van der Waals surface area contributed by atoms with Crippen LogP contribution in [0.15, 0.2) is 35.9 Å². The van der Waals surface area contributed by atoms with Gasteiger partial charge in [0, 0.05) is 43.3 Å². The van der Waals surface area contributed by atoms with Crippen molar-refractivity contribution in [3.05, 3.63) is 47.3 Å². The van der Waals surface area contributed by atoms with Gasteiger partial charge in [-0.3, -0.25) is 24.2 Å². The molecule has 0 radical (unpaired) electrons. The number of piperidine rings is 1. The molecule has 184 valence electrons. The van der Waals surface area contributed by atoms with Crippen LogP contribution in [0.1, 0.15) is 50.6 Å². The van der Waals surface area contributed by atoms with Crippen LogP contribution in [-0.2, 0) is 19.1 Å². The van der Waals surface area contributed by atoms with Crippen LogP contribution < -0.4 is 0 Å². The number of hydrogen-bond donors (Lipinski definition) is 0. The lowest BCUT2D eigenvalue weighted by Crippen LogP contribution is -2.43. The predicted octanol–water partition coefficient (Wildman–Crippen LogP) is 3.76. The zero-order valence-electron chi connectivity index (χ0n) is 19.9. The number of likely N-dealkylation sites (tertiary alicyclic amines) is 2. The van der Waals surface area contributed by atoms with E-state index in [4.69, 9.17) is 4.74 Å². The first-order chi connectivity index (χ1) is 16.4. The molecule has 3 aliphatic rings. The fourth-order valence-electron chi connectivity index (χ4n) is 5.14. The summed E-state index contributed by atoms with van der Waals surface area (Å²) >= 11 is 1.31. The number of hydrogen-bond acceptors (Lipinski definition) is 7. The zero-order chi connectivity index (χ0) is 24.2. The van der Waals surface area contributed by atoms with E-state index in [1.165, 1.54) is 24.9 Å². The zero-order valence-corrected chi connectivity index (χ0v) is 20.7. The second-order valence-corrected chi connectivity index (χ2v) is 10.8. The standard InChI is InChI=1S/C26H33FN2O4S/c1-17(30)34-23-12-15-29(16-19(23)11-14-28-13-5-8-22(28)26(32)33-2)24(25(31)18-9-10-18)20-6-3-4-7-21(20)27/h3-4,6-7,11,18,22-24H,5,8-10,12-16H2,1-2H3/b19-11+/t22-,23?,24?/m0/s1. The van der Waals surface area contributed by atoms with E-state index in [0.717, 1.165) is 37.8 Å². The third kappa shape index (κ3) is 5.78. The molecular formula is C26H33FN2O4S. The molecule has 3 fully saturated rings. The summed E-state index contributed by atoms with van der Waals surface area (Å²) in [6, 6.07) is 5.69. The Hall–Kier alpha value is -2.03. The molecule has 2 heterocycles. The average molecular weight is 489 g/mol. The number of carbonyl (C=O) groups excluding carboxylic acids is 3. The summed E-state index contributed by atoms with van der Waals surface area (Å²) in [4.78, 5) is 41.6. The van der Waals surface area contributed by atoms with Crippen molar-refractivity contribution in [3.63, 3.8) is 0 Å². The molecule has 0 amide bonds. The third-order valence-electron chi connectivity index (χ3n) is 7.03. The van der Waals surface area contributed by atoms with E-state index in [0.29, 0.717) is 31.6 Å². The average Bonchev–Trinajstić information content (AvgIpc) is 3.57. The van der Waals surface area contributed by atoms with Crippen LogP contribution >= 0.6 is 11.8 Å². The number of ketones is 1. The molecule has 1 aromatic carbocycles. The maximum atomic E-state index is 14.8. The van der Waals surface area contributed by atoms with Crippen LogP contribution in [0.5, 0.6) is 0 Å². The number of esters is 1. The van der Waals surface area contributed by atoms with E-state index < -0.39 is 6.04 Å². The Morgan fingerprint density at radius 1 is 1.18 bits per heavy atom. The van der Waals surface area contributed by atoms with Crippen molar-refractivity contribution in [1.29, 1.82) is 0 Å². The van der Waals surface area contributed by atoms with Crippen LogP contribution in [0.3, 0.4) is 0 Å². The highest BCUT2D eigenvalue weighted by molar-refractivity contribution is 8.14. The minimum atomic E-state index is -0.616. The molecule has 0 bridgehead atoms. The number of ether oxygens (including phenoxy) is 1. The van der Waals surface area contributed by atoms with Crippen molar-refractivity contribution in [2.45, 2.75) is 56.4 Å². The van der Waals surface area contributed by atoms with Crippen molar-refractivity contribution in [2.75, 3.05) is 33.3 Å². The molecule has 34 heavy (non-hydrogen) atoms. The van der Waals surface area contributed by atoms with Crippen LogP contribution in [-0.4, -0.2) is 71.2 Å². The normalized spacial score (nSPS) is 25.9. The molecule has 0 N–H and O–H groups in total. The molecule has 0 aromatic heterocycles. The smallest absolute Gasteiger partial charge is 0.323 e. The fourth-order valence-corrected chi connectivity index (χ4v) is 6.08. The molecule has 1 saturated carbocycles. The van der Waals surface area contributed by atoms with Crippen LogP contribution in [0.25, 0.3) is 0 Å². The highest BCUT2D eigenvalue weighted by Crippen LogP contribution is 2.40. The number of rotatable bonds is 8. The van der Waals surface area contributed by atoms with Gasteiger partial charge in [-0.15, -0.1) is 0 Å². The van der Waals surface area contributed by atoms with Crippen molar-refractivity contribution < 1.29 is 23.5 Å². The van der Waals surface area contributed by atoms with Gasteiger partial charge in [0.15, 0.2) is 10.9 Å². The Balaban J connectivity index is 1.58. The lowest BCUT2D eigenvalue weighted by atomic mass is 9.93. The van der Waals surface area contributed by atoms with E-state index in [-0.39, 0.29) is 39.9 Å². The molecular weight excluding hydrogens is 455 g/mol. The lowest BCUT2D eigenvalue weighted by molar-refractivity contribution is -0.145. The van der Waals surface area contributed by atoms with Gasteiger partial charge in [0.25, 0.3) is 0 Å². The largest absolute Gasteiger partial charge is 0.468 e. The maximum Gasteiger partial charge on any atom is 0.323 e. The first-order valence-electron chi connectivity index (χ1n) is 12.1. The first kappa shape index (κ1) is 25.1. The summed E-state index contributed by atoms with van der Waals surface area (Å²) in [5.74, 6) is -0.477. The third-order valence-corrected chi connectivity index (χ3v) is 8.18. The molecule has 8 heteroatoms. The maximum absolute atomic E-state index is 14.8. The van der Waals surface area contributed by atoms with Crippen molar-refractivity contribution >= 4 is 28.6 Å². The van der Waals surface area contributed by atoms with E-state index >= 15 is 0 Å². The molecule has 1 aliphatic carbocycles. The van der Waals surface area contributed by atoms with E-state index in [2.05, 4.69) is 15.9 Å². The monoisotopic (exact) mass is 488 g/mol. The topological polar surface area (TPSA) is 66.9 Å². The minimum absolute atomic E-state index is 0.00627. The summed E-state index contributed by atoms with van der Waals surface area (Å²) in [5, 5.41) is 0.0721. The van der Waals surface area contributed by atoms with Gasteiger partial charge in [0.1, 0.15) is 11.9 Å². The molecule has 1 aromatic rings. The Kier molecular flexibility index (Phi) is 8.22. The number of halogens is 1. The van der Waals surface area contributed by atoms with Gasteiger partial charge in [-0.05, 0) is 50.3 Å². The van der Waals surface area contributed by atoms with E-state index in [1.807, 2.05) is 0 Å². The van der Waals surface area contributed by atoms with Gasteiger partial charge >= 0.3 is 5.97 Å². The molecule has 3 atom stereocenters. The Morgan fingerprint density at radius 2 is 1.94 bits per heavy atom. The molecule has 0 spiro atoms. The van der Waals surface area contributed by atoms with Crippen LogP contribution in [0, 0.1) is 11.7 Å². The SMILES string of the molecule is COC(=O)[C@@H]1CCCN1C/C=C1\CN(C(C(=O)C2CC2)c2ccccc2F)CCC1SC(C)=O. The minimum Gasteiger partial charge on any atom is -0.468 e. The molecule has 2 aliphatic heterocycles. The lowest BCUT2D eigenvalue weighted by Gasteiger charge is -2.39. The number of nitrogens with zero attached hydrogens (tertiary/aromatic N) is 2. The van der Waals surface area contributed by atoms with Crippen molar-refractivity contribution in [1.82, 2.24) is 9.80 Å². The number of carbonyl (C=O) groups is 3. The number of thioether (sulfide) groups is 1. The van der Waals surface area contributed by atoms with E-state index in [1.54, 1.807) is 25.1 Å². The second-order valence-electron chi connectivity index (χ2n) is 9.41. The van der Waals surface area contributed by atoms with Gasteiger partial charge in [-0.25, -0.2) is 4.39 Å². The quantitative estimate of drug-likeness (QED) is 0.408. The Labute approximate surface area is 204 Å². The van der Waals surface area contributed by atoms with Gasteiger partial charge in [-0.1, -0.05) is 36.0 Å². The number of benzene rings is 1. The number of Topliss-reactive ketones (excluding diaryl/α,β-unsaturated/α-hetero) is 1. The predicted molar refractivity (Wildman–Crippen MR) is 130 cm³/mol. The Morgan fingerprint density at radius 3 is 2.62 bits per heavy atom. The molecule has 6 nitrogen and oxygen atoms in total. The van der Waals surface area contributed by atoms with Gasteiger partial charge in [-0.2, -0.15) is 0 Å². The van der Waals surface area contributed by atoms with Crippen molar-refractivity contribution in [2.24, 2.45) is 5.92 Å². The highest BCUT2D eigenvalue weighted by Gasteiger charge is 2.41. The molecule has 2 unspecified atom stereocenters. The fraction of sp³-hybridized carbons (Fsp3) is 0.577. The van der Waals surface area contributed by atoms with Gasteiger partial charge in [0.05, 0.1) is 13.2 Å². The van der Waals surface area contributed by atoms with Gasteiger partial charge in [0.2, 0.25) is 0 Å². The summed E-state index contributed by atoms with van der Waals surface area (Å²) < 4.78 is 19.8. The van der Waals surface area contributed by atoms with Crippen LogP contribution in [0.2, 0.25) is 0 Å². The van der Waals surface area contributed by atoms with Crippen molar-refractivity contribution in [3.8, 4) is 0 Å². The summed E-state index contributed by atoms with van der Waals surface area (Å²) in [6.45, 7) is 4.09. The number of methoxy groups -OCH3 is 1. The molecule has 2 saturated heterocycles.